The van der Waals surface area contributed by atoms with Crippen molar-refractivity contribution < 1.29 is 19.4 Å². The number of benzene rings is 2. The summed E-state index contributed by atoms with van der Waals surface area (Å²) in [7, 11) is 0. The Balaban J connectivity index is 1.93. The van der Waals surface area contributed by atoms with Crippen molar-refractivity contribution in [3.05, 3.63) is 69.2 Å². The maximum atomic E-state index is 12.8. The van der Waals surface area contributed by atoms with Crippen molar-refractivity contribution in [3.8, 4) is 6.07 Å². The highest BCUT2D eigenvalue weighted by Gasteiger charge is 2.40. The molecule has 0 aromatic heterocycles. The molecule has 1 saturated heterocycles. The van der Waals surface area contributed by atoms with Gasteiger partial charge in [-0.15, -0.1) is 0 Å². The van der Waals surface area contributed by atoms with Crippen molar-refractivity contribution in [3.63, 3.8) is 0 Å². The van der Waals surface area contributed by atoms with Gasteiger partial charge in [-0.3, -0.25) is 4.79 Å². The van der Waals surface area contributed by atoms with E-state index in [0.717, 1.165) is 5.56 Å². The molecular formula is C25H27Cl2N3O4. The number of rotatable bonds is 4. The van der Waals surface area contributed by atoms with Crippen molar-refractivity contribution in [2.45, 2.75) is 33.0 Å². The molecule has 3 atom stereocenters. The number of carbonyl (C=O) groups excluding carboxylic acids is 1. The van der Waals surface area contributed by atoms with E-state index in [0.29, 0.717) is 21.2 Å². The van der Waals surface area contributed by atoms with Crippen LogP contribution in [-0.2, 0) is 4.74 Å². The molecule has 1 fully saturated rings. The van der Waals surface area contributed by atoms with Gasteiger partial charge in [0.1, 0.15) is 0 Å². The molecule has 0 bridgehead atoms. The van der Waals surface area contributed by atoms with E-state index < -0.39 is 24.2 Å². The third-order valence-corrected chi connectivity index (χ3v) is 6.61. The van der Waals surface area contributed by atoms with Gasteiger partial charge in [0.25, 0.3) is 5.91 Å². The molecule has 2 N–H and O–H groups in total. The Bertz CT molecular complexity index is 1110. The summed E-state index contributed by atoms with van der Waals surface area (Å²) in [5.74, 6) is -0.757. The molecule has 2 amide bonds. The summed E-state index contributed by atoms with van der Waals surface area (Å²) in [6.45, 7) is 6.49. The highest BCUT2D eigenvalue weighted by Crippen LogP contribution is 2.38. The second-order valence-corrected chi connectivity index (χ2v) is 10.2. The van der Waals surface area contributed by atoms with Gasteiger partial charge in [0.2, 0.25) is 0 Å². The van der Waals surface area contributed by atoms with Gasteiger partial charge in [-0.1, -0.05) is 56.1 Å². The van der Waals surface area contributed by atoms with Gasteiger partial charge in [0, 0.05) is 24.6 Å². The maximum absolute atomic E-state index is 12.8. The fourth-order valence-electron chi connectivity index (χ4n) is 3.89. The lowest BCUT2D eigenvalue weighted by Gasteiger charge is -2.34. The Hall–Kier alpha value is -2.79. The van der Waals surface area contributed by atoms with E-state index in [2.05, 4.69) is 5.32 Å². The van der Waals surface area contributed by atoms with Gasteiger partial charge in [0.15, 0.2) is 0 Å². The molecule has 2 aromatic carbocycles. The molecule has 1 unspecified atom stereocenters. The Morgan fingerprint density at radius 1 is 1.18 bits per heavy atom. The van der Waals surface area contributed by atoms with Crippen LogP contribution in [-0.4, -0.2) is 47.7 Å². The van der Waals surface area contributed by atoms with Crippen LogP contribution >= 0.6 is 23.2 Å². The zero-order chi connectivity index (χ0) is 25.0. The number of hydrogen-bond donors (Lipinski definition) is 2. The topological polar surface area (TPSA) is 103 Å². The van der Waals surface area contributed by atoms with Crippen LogP contribution in [0.25, 0.3) is 0 Å². The van der Waals surface area contributed by atoms with Crippen LogP contribution in [0, 0.1) is 22.7 Å². The van der Waals surface area contributed by atoms with Crippen LogP contribution in [0.15, 0.2) is 42.5 Å². The molecule has 1 heterocycles. The molecular weight excluding hydrogens is 477 g/mol. The molecule has 0 saturated carbocycles. The molecule has 7 nitrogen and oxygen atoms in total. The predicted molar refractivity (Wildman–Crippen MR) is 130 cm³/mol. The number of amides is 2. The van der Waals surface area contributed by atoms with Gasteiger partial charge >= 0.3 is 6.09 Å². The van der Waals surface area contributed by atoms with E-state index in [4.69, 9.17) is 33.2 Å². The quantitative estimate of drug-likeness (QED) is 0.582. The summed E-state index contributed by atoms with van der Waals surface area (Å²) >= 11 is 12.4. The maximum Gasteiger partial charge on any atom is 0.407 e. The molecule has 34 heavy (non-hydrogen) atoms. The largest absolute Gasteiger partial charge is 0.465 e. The van der Waals surface area contributed by atoms with Gasteiger partial charge < -0.3 is 20.1 Å². The van der Waals surface area contributed by atoms with Crippen LogP contribution in [0.5, 0.6) is 0 Å². The zero-order valence-electron chi connectivity index (χ0n) is 19.2. The van der Waals surface area contributed by atoms with Crippen LogP contribution in [0.2, 0.25) is 10.0 Å². The second kappa shape index (κ2) is 10.6. The average Bonchev–Trinajstić information content (AvgIpc) is 2.99. The predicted octanol–water partition coefficient (Wildman–Crippen LogP) is 5.38. The molecule has 1 aliphatic rings. The van der Waals surface area contributed by atoms with Crippen molar-refractivity contribution in [2.24, 2.45) is 11.3 Å². The van der Waals surface area contributed by atoms with E-state index in [1.54, 1.807) is 36.4 Å². The Morgan fingerprint density at radius 2 is 1.91 bits per heavy atom. The first-order valence-corrected chi connectivity index (χ1v) is 11.6. The highest BCUT2D eigenvalue weighted by molar-refractivity contribution is 6.42. The molecule has 0 radical (unpaired) electrons. The van der Waals surface area contributed by atoms with Gasteiger partial charge in [0.05, 0.1) is 40.4 Å². The summed E-state index contributed by atoms with van der Waals surface area (Å²) in [5, 5.41) is 22.6. The second-order valence-electron chi connectivity index (χ2n) is 9.44. The fraction of sp³-hybridized carbons (Fsp3) is 0.400. The van der Waals surface area contributed by atoms with Crippen molar-refractivity contribution in [1.82, 2.24) is 10.2 Å². The molecule has 2 aromatic rings. The zero-order valence-corrected chi connectivity index (χ0v) is 20.7. The number of halogens is 2. The van der Waals surface area contributed by atoms with E-state index in [9.17, 15) is 14.7 Å². The monoisotopic (exact) mass is 503 g/mol. The summed E-state index contributed by atoms with van der Waals surface area (Å²) in [5.41, 5.74) is 1.14. The minimum atomic E-state index is -1.05. The number of hydrogen-bond acceptors (Lipinski definition) is 4. The Morgan fingerprint density at radius 3 is 2.53 bits per heavy atom. The number of ether oxygens (including phenoxy) is 1. The third kappa shape index (κ3) is 6.20. The molecule has 9 heteroatoms. The SMILES string of the molecule is CC(C)(C)C1CN(C(=O)O)C[C@@H](CNC(=O)c2cccc(C#N)c2)[C@H](c2ccc(Cl)c(Cl)c2)O1. The first-order valence-electron chi connectivity index (χ1n) is 10.9. The van der Waals surface area contributed by atoms with E-state index in [1.807, 2.05) is 26.8 Å². The molecule has 0 spiro atoms. The number of nitrogens with zero attached hydrogens (tertiary/aromatic N) is 2. The Kier molecular flexibility index (Phi) is 8.09. The fourth-order valence-corrected chi connectivity index (χ4v) is 4.19. The van der Waals surface area contributed by atoms with Gasteiger partial charge in [-0.25, -0.2) is 4.79 Å². The summed E-state index contributed by atoms with van der Waals surface area (Å²) in [6.07, 6.45) is -1.98. The van der Waals surface area contributed by atoms with Crippen molar-refractivity contribution >= 4 is 35.2 Å². The molecule has 0 aliphatic carbocycles. The van der Waals surface area contributed by atoms with Crippen LogP contribution < -0.4 is 5.32 Å². The first kappa shape index (κ1) is 25.8. The normalized spacial score (nSPS) is 20.8. The van der Waals surface area contributed by atoms with E-state index >= 15 is 0 Å². The summed E-state index contributed by atoms with van der Waals surface area (Å²) in [4.78, 5) is 26.1. The number of carbonyl (C=O) groups is 2. The standard InChI is InChI=1S/C25H27Cl2N3O4/c1-25(2,3)21-14-30(24(32)33)13-18(22(34-21)16-7-8-19(26)20(27)10-16)12-29-23(31)17-6-4-5-15(9-17)11-28/h4-10,18,21-22H,12-14H2,1-3H3,(H,29,31)(H,32,33)/t18-,21?,22+/m1/s1. The molecule has 1 aliphatic heterocycles. The summed E-state index contributed by atoms with van der Waals surface area (Å²) < 4.78 is 6.52. The van der Waals surface area contributed by atoms with Crippen LogP contribution in [0.3, 0.4) is 0 Å². The lowest BCUT2D eigenvalue weighted by Crippen LogP contribution is -2.42. The third-order valence-electron chi connectivity index (χ3n) is 5.87. The van der Waals surface area contributed by atoms with Gasteiger partial charge in [-0.05, 0) is 41.3 Å². The molecule has 3 rings (SSSR count). The minimum absolute atomic E-state index is 0.154. The summed E-state index contributed by atoms with van der Waals surface area (Å²) in [6, 6.07) is 13.6. The van der Waals surface area contributed by atoms with Gasteiger partial charge in [-0.2, -0.15) is 5.26 Å². The van der Waals surface area contributed by atoms with E-state index in [-0.39, 0.29) is 31.0 Å². The number of nitrogens with one attached hydrogen (secondary N) is 1. The lowest BCUT2D eigenvalue weighted by atomic mass is 9.88. The minimum Gasteiger partial charge on any atom is -0.465 e. The number of carboxylic acid groups (broad SMARTS) is 1. The van der Waals surface area contributed by atoms with Crippen LogP contribution in [0.1, 0.15) is 48.4 Å². The Labute approximate surface area is 209 Å². The van der Waals surface area contributed by atoms with Crippen molar-refractivity contribution in [1.29, 1.82) is 5.26 Å². The average molecular weight is 504 g/mol. The lowest BCUT2D eigenvalue weighted by molar-refractivity contribution is -0.0763. The molecule has 180 valence electrons. The first-order chi connectivity index (χ1) is 16.0. The smallest absolute Gasteiger partial charge is 0.407 e. The van der Waals surface area contributed by atoms with Crippen LogP contribution in [0.4, 0.5) is 4.79 Å². The number of nitriles is 1. The highest BCUT2D eigenvalue weighted by atomic mass is 35.5. The van der Waals surface area contributed by atoms with Crippen molar-refractivity contribution in [2.75, 3.05) is 19.6 Å². The van der Waals surface area contributed by atoms with E-state index in [1.165, 1.54) is 11.0 Å².